The van der Waals surface area contributed by atoms with Gasteiger partial charge in [-0.2, -0.15) is 13.2 Å². The molecule has 0 atom stereocenters. The molecule has 1 aromatic carbocycles. The van der Waals surface area contributed by atoms with Crippen LogP contribution < -0.4 is 9.47 Å². The molecule has 2 heterocycles. The fourth-order valence-electron chi connectivity index (χ4n) is 3.04. The summed E-state index contributed by atoms with van der Waals surface area (Å²) in [5.74, 6) is 1.09. The number of likely N-dealkylation sites (tertiary alicyclic amines) is 1. The Hall–Kier alpha value is -2.28. The Bertz CT molecular complexity index is 712. The van der Waals surface area contributed by atoms with E-state index >= 15 is 0 Å². The Labute approximate surface area is 156 Å². The summed E-state index contributed by atoms with van der Waals surface area (Å²) in [7, 11) is 0. The van der Waals surface area contributed by atoms with Crippen molar-refractivity contribution in [3.05, 3.63) is 54.2 Å². The van der Waals surface area contributed by atoms with Crippen LogP contribution in [0.1, 0.15) is 25.3 Å². The van der Waals surface area contributed by atoms with Crippen molar-refractivity contribution >= 4 is 0 Å². The van der Waals surface area contributed by atoms with Crippen LogP contribution in [0.15, 0.2) is 48.7 Å². The molecule has 0 aliphatic carbocycles. The van der Waals surface area contributed by atoms with Crippen molar-refractivity contribution in [1.29, 1.82) is 0 Å². The van der Waals surface area contributed by atoms with E-state index in [0.29, 0.717) is 18.2 Å². The topological polar surface area (TPSA) is 34.6 Å². The van der Waals surface area contributed by atoms with Crippen LogP contribution in [-0.2, 0) is 6.18 Å². The van der Waals surface area contributed by atoms with Crippen LogP contribution in [-0.4, -0.2) is 41.7 Å². The van der Waals surface area contributed by atoms with Gasteiger partial charge >= 0.3 is 6.18 Å². The van der Waals surface area contributed by atoms with Gasteiger partial charge in [-0.25, -0.2) is 4.98 Å². The number of halogens is 3. The average Bonchev–Trinajstić information content (AvgIpc) is 2.64. The zero-order valence-electron chi connectivity index (χ0n) is 15.2. The largest absolute Gasteiger partial charge is 0.492 e. The van der Waals surface area contributed by atoms with Gasteiger partial charge in [-0.15, -0.1) is 0 Å². The summed E-state index contributed by atoms with van der Waals surface area (Å²) in [6, 6.07) is 10.4. The number of benzene rings is 1. The summed E-state index contributed by atoms with van der Waals surface area (Å²) in [5.41, 5.74) is -0.905. The summed E-state index contributed by atoms with van der Waals surface area (Å²) < 4.78 is 49.3. The Balaban J connectivity index is 1.41. The molecule has 0 spiro atoms. The molecule has 146 valence electrons. The normalized spacial score (nSPS) is 17.5. The first-order valence-electron chi connectivity index (χ1n) is 8.97. The van der Waals surface area contributed by atoms with Crippen molar-refractivity contribution in [3.63, 3.8) is 0 Å². The van der Waals surface area contributed by atoms with Gasteiger partial charge in [0, 0.05) is 31.9 Å². The van der Waals surface area contributed by atoms with Gasteiger partial charge < -0.3 is 9.47 Å². The van der Waals surface area contributed by atoms with E-state index in [0.717, 1.165) is 44.6 Å². The fraction of sp³-hybridized carbons (Fsp3) is 0.450. The fourth-order valence-corrected chi connectivity index (χ4v) is 3.04. The summed E-state index contributed by atoms with van der Waals surface area (Å²) in [6.45, 7) is 5.00. The number of hydrogen-bond donors (Lipinski definition) is 0. The molecule has 2 aromatic rings. The lowest BCUT2D eigenvalue weighted by atomic mass is 9.93. The molecular weight excluding hydrogens is 357 g/mol. The van der Waals surface area contributed by atoms with Gasteiger partial charge in [0.2, 0.25) is 5.88 Å². The van der Waals surface area contributed by atoms with Gasteiger partial charge in [-0.05, 0) is 50.1 Å². The maximum Gasteiger partial charge on any atom is 0.416 e. The quantitative estimate of drug-likeness (QED) is 0.743. The van der Waals surface area contributed by atoms with E-state index in [1.165, 1.54) is 12.1 Å². The predicted molar refractivity (Wildman–Crippen MR) is 95.9 cm³/mol. The lowest BCUT2D eigenvalue weighted by Gasteiger charge is -2.39. The molecule has 1 saturated heterocycles. The molecule has 1 aliphatic heterocycles. The highest BCUT2D eigenvalue weighted by Crippen LogP contribution is 2.30. The first kappa shape index (κ1) is 19.5. The molecular formula is C20H23F3N2O2. The minimum Gasteiger partial charge on any atom is -0.492 e. The molecule has 1 aliphatic rings. The van der Waals surface area contributed by atoms with Crippen LogP contribution >= 0.6 is 0 Å². The van der Waals surface area contributed by atoms with Crippen molar-refractivity contribution in [2.75, 3.05) is 26.2 Å². The molecule has 0 N–H and O–H groups in total. The van der Waals surface area contributed by atoms with Gasteiger partial charge in [0.05, 0.1) is 5.56 Å². The second kappa shape index (κ2) is 8.17. The van der Waals surface area contributed by atoms with E-state index in [9.17, 15) is 13.2 Å². The van der Waals surface area contributed by atoms with Crippen LogP contribution in [0, 0.1) is 0 Å². The maximum atomic E-state index is 12.6. The molecule has 0 bridgehead atoms. The lowest BCUT2D eigenvalue weighted by Crippen LogP contribution is -2.47. The number of alkyl halides is 3. The highest BCUT2D eigenvalue weighted by Gasteiger charge is 2.32. The molecule has 0 saturated carbocycles. The van der Waals surface area contributed by atoms with Crippen molar-refractivity contribution in [1.82, 2.24) is 9.88 Å². The van der Waals surface area contributed by atoms with Crippen LogP contribution in [0.3, 0.4) is 0 Å². The summed E-state index contributed by atoms with van der Waals surface area (Å²) in [4.78, 5) is 6.49. The average molecular weight is 380 g/mol. The molecule has 3 rings (SSSR count). The van der Waals surface area contributed by atoms with E-state index in [1.54, 1.807) is 6.20 Å². The van der Waals surface area contributed by atoms with Crippen molar-refractivity contribution in [3.8, 4) is 11.6 Å². The minimum absolute atomic E-state index is 0.237. The van der Waals surface area contributed by atoms with Gasteiger partial charge in [0.1, 0.15) is 18.0 Å². The first-order valence-corrected chi connectivity index (χ1v) is 8.97. The number of rotatable bonds is 6. The SMILES string of the molecule is CC1(Oc2ccccn2)CCN(CCOc2ccc(C(F)(F)F)cc2)CC1. The van der Waals surface area contributed by atoms with E-state index in [-0.39, 0.29) is 5.60 Å². The molecule has 4 nitrogen and oxygen atoms in total. The van der Waals surface area contributed by atoms with Crippen molar-refractivity contribution in [2.45, 2.75) is 31.5 Å². The Morgan fingerprint density at radius 2 is 1.78 bits per heavy atom. The number of aromatic nitrogens is 1. The van der Waals surface area contributed by atoms with Crippen molar-refractivity contribution < 1.29 is 22.6 Å². The van der Waals surface area contributed by atoms with E-state index in [1.807, 2.05) is 18.2 Å². The minimum atomic E-state index is -4.32. The molecule has 1 aromatic heterocycles. The van der Waals surface area contributed by atoms with Gasteiger partial charge in [-0.1, -0.05) is 6.07 Å². The van der Waals surface area contributed by atoms with Crippen LogP contribution in [0.2, 0.25) is 0 Å². The second-order valence-corrected chi connectivity index (χ2v) is 6.93. The van der Waals surface area contributed by atoms with Gasteiger partial charge in [0.25, 0.3) is 0 Å². The Kier molecular flexibility index (Phi) is 5.89. The third kappa shape index (κ3) is 5.60. The van der Waals surface area contributed by atoms with Crippen LogP contribution in [0.5, 0.6) is 11.6 Å². The first-order chi connectivity index (χ1) is 12.8. The van der Waals surface area contributed by atoms with Crippen molar-refractivity contribution in [2.24, 2.45) is 0 Å². The van der Waals surface area contributed by atoms with Crippen LogP contribution in [0.25, 0.3) is 0 Å². The predicted octanol–water partition coefficient (Wildman–Crippen LogP) is 4.41. The van der Waals surface area contributed by atoms with E-state index in [2.05, 4.69) is 16.8 Å². The monoisotopic (exact) mass is 380 g/mol. The number of hydrogen-bond acceptors (Lipinski definition) is 4. The highest BCUT2D eigenvalue weighted by molar-refractivity contribution is 5.28. The Morgan fingerprint density at radius 3 is 2.37 bits per heavy atom. The molecule has 0 amide bonds. The zero-order chi connectivity index (χ0) is 19.3. The molecule has 7 heteroatoms. The maximum absolute atomic E-state index is 12.6. The zero-order valence-corrected chi connectivity index (χ0v) is 15.2. The molecule has 1 fully saturated rings. The molecule has 0 radical (unpaired) electrons. The standard InChI is InChI=1S/C20H23F3N2O2/c1-19(27-18-4-2-3-11-24-18)9-12-25(13-10-19)14-15-26-17-7-5-16(6-8-17)20(21,22)23/h2-8,11H,9-10,12-15H2,1H3. The summed E-state index contributed by atoms with van der Waals surface area (Å²) in [5, 5.41) is 0. The number of nitrogens with zero attached hydrogens (tertiary/aromatic N) is 2. The summed E-state index contributed by atoms with van der Waals surface area (Å²) >= 11 is 0. The highest BCUT2D eigenvalue weighted by atomic mass is 19.4. The lowest BCUT2D eigenvalue weighted by molar-refractivity contribution is -0.137. The van der Waals surface area contributed by atoms with Gasteiger partial charge in [-0.3, -0.25) is 4.90 Å². The number of pyridine rings is 1. The number of ether oxygens (including phenoxy) is 2. The van der Waals surface area contributed by atoms with Gasteiger partial charge in [0.15, 0.2) is 0 Å². The summed E-state index contributed by atoms with van der Waals surface area (Å²) in [6.07, 6.45) is -0.851. The Morgan fingerprint density at radius 1 is 1.07 bits per heavy atom. The molecule has 0 unspecified atom stereocenters. The third-order valence-corrected chi connectivity index (χ3v) is 4.76. The van der Waals surface area contributed by atoms with Crippen LogP contribution in [0.4, 0.5) is 13.2 Å². The number of piperidine rings is 1. The van der Waals surface area contributed by atoms with E-state index < -0.39 is 11.7 Å². The third-order valence-electron chi connectivity index (χ3n) is 4.76. The molecule has 27 heavy (non-hydrogen) atoms. The smallest absolute Gasteiger partial charge is 0.416 e. The second-order valence-electron chi connectivity index (χ2n) is 6.93. The van der Waals surface area contributed by atoms with E-state index in [4.69, 9.17) is 9.47 Å².